The van der Waals surface area contributed by atoms with Crippen molar-refractivity contribution in [1.82, 2.24) is 9.62 Å². The van der Waals surface area contributed by atoms with Gasteiger partial charge < -0.3 is 4.90 Å². The SMILES string of the molecule is CC(=O)N1CCCC(C(=O)NS(=O)(=O)c2ccc(C)c(C)c2)C1. The van der Waals surface area contributed by atoms with Gasteiger partial charge in [0.05, 0.1) is 10.8 Å². The summed E-state index contributed by atoms with van der Waals surface area (Å²) in [5, 5.41) is 0. The van der Waals surface area contributed by atoms with E-state index >= 15 is 0 Å². The molecule has 1 aromatic carbocycles. The minimum absolute atomic E-state index is 0.0770. The van der Waals surface area contributed by atoms with E-state index in [9.17, 15) is 18.0 Å². The number of hydrogen-bond acceptors (Lipinski definition) is 4. The average Bonchev–Trinajstić information content (AvgIpc) is 2.49. The highest BCUT2D eigenvalue weighted by Gasteiger charge is 2.30. The van der Waals surface area contributed by atoms with E-state index in [1.165, 1.54) is 13.0 Å². The maximum Gasteiger partial charge on any atom is 0.264 e. The maximum absolute atomic E-state index is 12.4. The summed E-state index contributed by atoms with van der Waals surface area (Å²) in [6.45, 7) is 6.05. The fraction of sp³-hybridized carbons (Fsp3) is 0.500. The lowest BCUT2D eigenvalue weighted by Gasteiger charge is -2.31. The fourth-order valence-corrected chi connectivity index (χ4v) is 3.76. The number of rotatable bonds is 3. The van der Waals surface area contributed by atoms with Crippen molar-refractivity contribution in [2.75, 3.05) is 13.1 Å². The van der Waals surface area contributed by atoms with Crippen LogP contribution in [0.2, 0.25) is 0 Å². The molecule has 126 valence electrons. The number of hydrogen-bond donors (Lipinski definition) is 1. The number of likely N-dealkylation sites (tertiary alicyclic amines) is 1. The molecule has 1 aromatic rings. The predicted molar refractivity (Wildman–Crippen MR) is 86.2 cm³/mol. The Morgan fingerprint density at radius 2 is 1.91 bits per heavy atom. The normalized spacial score (nSPS) is 18.6. The van der Waals surface area contributed by atoms with E-state index < -0.39 is 21.8 Å². The number of amides is 2. The van der Waals surface area contributed by atoms with Crippen molar-refractivity contribution in [3.05, 3.63) is 29.3 Å². The van der Waals surface area contributed by atoms with Crippen molar-refractivity contribution in [3.63, 3.8) is 0 Å². The standard InChI is InChI=1S/C16H22N2O4S/c1-11-6-7-15(9-12(11)2)23(21,22)17-16(20)14-5-4-8-18(10-14)13(3)19/h6-7,9,14H,4-5,8,10H2,1-3H3,(H,17,20). The van der Waals surface area contributed by atoms with Crippen LogP contribution in [-0.2, 0) is 19.6 Å². The molecule has 7 heteroatoms. The van der Waals surface area contributed by atoms with Gasteiger partial charge in [0, 0.05) is 20.0 Å². The molecule has 2 rings (SSSR count). The number of nitrogens with zero attached hydrogens (tertiary/aromatic N) is 1. The van der Waals surface area contributed by atoms with Gasteiger partial charge in [0.1, 0.15) is 0 Å². The summed E-state index contributed by atoms with van der Waals surface area (Å²) in [6, 6.07) is 4.75. The molecule has 0 saturated carbocycles. The molecule has 0 aliphatic carbocycles. The van der Waals surface area contributed by atoms with Crippen LogP contribution >= 0.6 is 0 Å². The fourth-order valence-electron chi connectivity index (χ4n) is 2.63. The van der Waals surface area contributed by atoms with E-state index in [2.05, 4.69) is 4.72 Å². The van der Waals surface area contributed by atoms with Crippen molar-refractivity contribution in [2.24, 2.45) is 5.92 Å². The molecular weight excluding hydrogens is 316 g/mol. The summed E-state index contributed by atoms with van der Waals surface area (Å²) in [7, 11) is -3.89. The Balaban J connectivity index is 2.12. The van der Waals surface area contributed by atoms with Gasteiger partial charge in [-0.3, -0.25) is 9.59 Å². The summed E-state index contributed by atoms with van der Waals surface area (Å²) in [5.41, 5.74) is 1.83. The van der Waals surface area contributed by atoms with Crippen LogP contribution in [0.4, 0.5) is 0 Å². The lowest BCUT2D eigenvalue weighted by molar-refractivity contribution is -0.133. The minimum atomic E-state index is -3.89. The Hall–Kier alpha value is -1.89. The monoisotopic (exact) mass is 338 g/mol. The van der Waals surface area contributed by atoms with E-state index in [-0.39, 0.29) is 17.3 Å². The largest absolute Gasteiger partial charge is 0.342 e. The van der Waals surface area contributed by atoms with E-state index in [1.54, 1.807) is 17.0 Å². The first-order chi connectivity index (χ1) is 10.7. The lowest BCUT2D eigenvalue weighted by Crippen LogP contribution is -2.46. The molecule has 1 heterocycles. The van der Waals surface area contributed by atoms with Crippen LogP contribution in [-0.4, -0.2) is 38.2 Å². The van der Waals surface area contributed by atoms with Gasteiger partial charge in [-0.15, -0.1) is 0 Å². The highest BCUT2D eigenvalue weighted by atomic mass is 32.2. The maximum atomic E-state index is 12.4. The zero-order valence-electron chi connectivity index (χ0n) is 13.6. The number of piperidine rings is 1. The van der Waals surface area contributed by atoms with Crippen LogP contribution in [0, 0.1) is 19.8 Å². The van der Waals surface area contributed by atoms with Crippen molar-refractivity contribution in [1.29, 1.82) is 0 Å². The summed E-state index contributed by atoms with van der Waals surface area (Å²) in [6.07, 6.45) is 1.28. The van der Waals surface area contributed by atoms with Gasteiger partial charge in [0.15, 0.2) is 0 Å². The first kappa shape index (κ1) is 17.5. The van der Waals surface area contributed by atoms with Crippen LogP contribution in [0.5, 0.6) is 0 Å². The number of aryl methyl sites for hydroxylation is 2. The highest BCUT2D eigenvalue weighted by Crippen LogP contribution is 2.19. The van der Waals surface area contributed by atoms with Gasteiger partial charge >= 0.3 is 0 Å². The second-order valence-electron chi connectivity index (χ2n) is 6.02. The van der Waals surface area contributed by atoms with Gasteiger partial charge in [-0.1, -0.05) is 6.07 Å². The van der Waals surface area contributed by atoms with Crippen LogP contribution in [0.3, 0.4) is 0 Å². The third-order valence-corrected chi connectivity index (χ3v) is 5.61. The number of nitrogens with one attached hydrogen (secondary N) is 1. The second-order valence-corrected chi connectivity index (χ2v) is 7.70. The van der Waals surface area contributed by atoms with Crippen molar-refractivity contribution >= 4 is 21.8 Å². The molecule has 1 atom stereocenters. The Labute approximate surface area is 136 Å². The minimum Gasteiger partial charge on any atom is -0.342 e. The molecule has 1 aliphatic heterocycles. The average molecular weight is 338 g/mol. The molecule has 0 bridgehead atoms. The number of carbonyl (C=O) groups excluding carboxylic acids is 2. The molecule has 1 saturated heterocycles. The first-order valence-electron chi connectivity index (χ1n) is 7.60. The Morgan fingerprint density at radius 1 is 1.22 bits per heavy atom. The zero-order valence-corrected chi connectivity index (χ0v) is 14.4. The van der Waals surface area contributed by atoms with Gasteiger partial charge in [-0.25, -0.2) is 13.1 Å². The first-order valence-corrected chi connectivity index (χ1v) is 9.08. The molecule has 2 amide bonds. The summed E-state index contributed by atoms with van der Waals surface area (Å²) < 4.78 is 26.8. The van der Waals surface area contributed by atoms with Crippen LogP contribution in [0.15, 0.2) is 23.1 Å². The smallest absolute Gasteiger partial charge is 0.264 e. The molecule has 1 fully saturated rings. The quantitative estimate of drug-likeness (QED) is 0.902. The van der Waals surface area contributed by atoms with E-state index in [0.717, 1.165) is 11.1 Å². The van der Waals surface area contributed by atoms with E-state index in [1.807, 2.05) is 13.8 Å². The van der Waals surface area contributed by atoms with Crippen molar-refractivity contribution in [2.45, 2.75) is 38.5 Å². The number of carbonyl (C=O) groups is 2. The van der Waals surface area contributed by atoms with Gasteiger partial charge in [0.2, 0.25) is 11.8 Å². The molecule has 1 aliphatic rings. The van der Waals surface area contributed by atoms with Gasteiger partial charge in [-0.2, -0.15) is 0 Å². The van der Waals surface area contributed by atoms with Crippen LogP contribution < -0.4 is 4.72 Å². The zero-order chi connectivity index (χ0) is 17.2. The molecule has 6 nitrogen and oxygen atoms in total. The van der Waals surface area contributed by atoms with E-state index in [0.29, 0.717) is 19.4 Å². The van der Waals surface area contributed by atoms with Crippen LogP contribution in [0.25, 0.3) is 0 Å². The van der Waals surface area contributed by atoms with Gasteiger partial charge in [0.25, 0.3) is 10.0 Å². The highest BCUT2D eigenvalue weighted by molar-refractivity contribution is 7.90. The lowest BCUT2D eigenvalue weighted by atomic mass is 9.97. The third kappa shape index (κ3) is 4.10. The molecule has 0 aromatic heterocycles. The Morgan fingerprint density at radius 3 is 2.52 bits per heavy atom. The molecule has 0 radical (unpaired) electrons. The molecule has 1 N–H and O–H groups in total. The molecule has 0 spiro atoms. The number of benzene rings is 1. The topological polar surface area (TPSA) is 83.6 Å². The van der Waals surface area contributed by atoms with Crippen LogP contribution in [0.1, 0.15) is 30.9 Å². The van der Waals surface area contributed by atoms with Crippen molar-refractivity contribution in [3.8, 4) is 0 Å². The van der Waals surface area contributed by atoms with E-state index in [4.69, 9.17) is 0 Å². The summed E-state index contributed by atoms with van der Waals surface area (Å²) >= 11 is 0. The molecule has 1 unspecified atom stereocenters. The summed E-state index contributed by atoms with van der Waals surface area (Å²) in [5.74, 6) is -1.14. The Bertz CT molecular complexity index is 728. The van der Waals surface area contributed by atoms with Gasteiger partial charge in [-0.05, 0) is 49.9 Å². The molecular formula is C16H22N2O4S. The van der Waals surface area contributed by atoms with Crippen molar-refractivity contribution < 1.29 is 18.0 Å². The number of sulfonamides is 1. The second kappa shape index (κ2) is 6.70. The summed E-state index contributed by atoms with van der Waals surface area (Å²) in [4.78, 5) is 25.4. The predicted octanol–water partition coefficient (Wildman–Crippen LogP) is 1.37. The Kier molecular flexibility index (Phi) is 5.09. The molecule has 23 heavy (non-hydrogen) atoms. The third-order valence-electron chi connectivity index (χ3n) is 4.26.